The van der Waals surface area contributed by atoms with Crippen LogP contribution < -0.4 is 0 Å². The molecule has 0 aliphatic heterocycles. The van der Waals surface area contributed by atoms with Crippen LogP contribution in [0.4, 0.5) is 0 Å². The maximum atomic E-state index is 9.05. The van der Waals surface area contributed by atoms with Crippen molar-refractivity contribution in [2.75, 3.05) is 6.61 Å². The molecule has 0 aliphatic carbocycles. The molecule has 0 rings (SSSR count). The summed E-state index contributed by atoms with van der Waals surface area (Å²) >= 11 is 0. The molecule has 0 aromatic carbocycles. The fraction of sp³-hybridized carbons (Fsp3) is 0.750. The van der Waals surface area contributed by atoms with Gasteiger partial charge < -0.3 is 15.3 Å². The van der Waals surface area contributed by atoms with Gasteiger partial charge in [0.2, 0.25) is 0 Å². The zero-order valence-corrected chi connectivity index (χ0v) is 6.77. The average molecular weight is 160 g/mol. The molecule has 0 spiro atoms. The van der Waals surface area contributed by atoms with Crippen molar-refractivity contribution in [3.05, 3.63) is 12.2 Å². The summed E-state index contributed by atoms with van der Waals surface area (Å²) in [5, 5.41) is 26.3. The Kier molecular flexibility index (Phi) is 6.12. The van der Waals surface area contributed by atoms with E-state index in [0.29, 0.717) is 12.8 Å². The Hall–Kier alpha value is -0.380. The second-order valence-corrected chi connectivity index (χ2v) is 2.48. The van der Waals surface area contributed by atoms with E-state index in [1.165, 1.54) is 6.08 Å². The van der Waals surface area contributed by atoms with Crippen molar-refractivity contribution in [2.24, 2.45) is 0 Å². The van der Waals surface area contributed by atoms with Crippen LogP contribution in [0.1, 0.15) is 19.8 Å². The fourth-order valence-electron chi connectivity index (χ4n) is 0.620. The van der Waals surface area contributed by atoms with E-state index in [9.17, 15) is 0 Å². The first-order valence-electron chi connectivity index (χ1n) is 3.84. The van der Waals surface area contributed by atoms with E-state index in [0.717, 1.165) is 0 Å². The van der Waals surface area contributed by atoms with E-state index < -0.39 is 6.10 Å². The van der Waals surface area contributed by atoms with Gasteiger partial charge in [0.05, 0.1) is 18.8 Å². The van der Waals surface area contributed by atoms with Crippen molar-refractivity contribution in [2.45, 2.75) is 32.0 Å². The number of rotatable bonds is 5. The average Bonchev–Trinajstić information content (AvgIpc) is 2.04. The molecule has 0 bridgehead atoms. The highest BCUT2D eigenvalue weighted by atomic mass is 16.3. The van der Waals surface area contributed by atoms with Gasteiger partial charge in [0.25, 0.3) is 0 Å². The van der Waals surface area contributed by atoms with Gasteiger partial charge in [-0.2, -0.15) is 0 Å². The minimum Gasteiger partial charge on any atom is -0.393 e. The summed E-state index contributed by atoms with van der Waals surface area (Å²) in [6, 6.07) is 0. The molecule has 0 radical (unpaired) electrons. The molecular weight excluding hydrogens is 144 g/mol. The quantitative estimate of drug-likeness (QED) is 0.498. The Labute approximate surface area is 67.0 Å². The Balaban J connectivity index is 3.43. The van der Waals surface area contributed by atoms with Crippen LogP contribution in [0.5, 0.6) is 0 Å². The molecule has 0 aromatic rings. The third-order valence-electron chi connectivity index (χ3n) is 1.42. The van der Waals surface area contributed by atoms with Crippen molar-refractivity contribution >= 4 is 0 Å². The molecule has 11 heavy (non-hydrogen) atoms. The first kappa shape index (κ1) is 10.6. The largest absolute Gasteiger partial charge is 0.393 e. The third-order valence-corrected chi connectivity index (χ3v) is 1.42. The van der Waals surface area contributed by atoms with E-state index in [1.807, 2.05) is 6.92 Å². The van der Waals surface area contributed by atoms with Crippen LogP contribution in [-0.4, -0.2) is 34.1 Å². The second kappa shape index (κ2) is 6.34. The molecular formula is C8H16O3. The number of aliphatic hydroxyl groups excluding tert-OH is 3. The molecule has 0 heterocycles. The monoisotopic (exact) mass is 160 g/mol. The molecule has 0 unspecified atom stereocenters. The molecule has 66 valence electrons. The smallest absolute Gasteiger partial charge is 0.0951 e. The zero-order valence-electron chi connectivity index (χ0n) is 6.77. The topological polar surface area (TPSA) is 60.7 Å². The number of aliphatic hydroxyl groups is 3. The van der Waals surface area contributed by atoms with Crippen molar-refractivity contribution in [1.82, 2.24) is 0 Å². The van der Waals surface area contributed by atoms with E-state index in [4.69, 9.17) is 15.3 Å². The standard InChI is InChI=1S/C8H16O3/c1-2-7(10)4-3-5-8(11)6-9/h3,5,7-11H,2,4,6H2,1H3/b5-3-/t7-,8+/m1/s1. The Bertz CT molecular complexity index is 112. The summed E-state index contributed by atoms with van der Waals surface area (Å²) in [7, 11) is 0. The van der Waals surface area contributed by atoms with Gasteiger partial charge in [-0.1, -0.05) is 19.1 Å². The van der Waals surface area contributed by atoms with Crippen molar-refractivity contribution in [1.29, 1.82) is 0 Å². The van der Waals surface area contributed by atoms with Gasteiger partial charge in [0, 0.05) is 0 Å². The molecule has 3 heteroatoms. The normalized spacial score (nSPS) is 17.1. The SMILES string of the molecule is CC[C@@H](O)C/C=C\[C@H](O)CO. The number of hydrogen-bond donors (Lipinski definition) is 3. The lowest BCUT2D eigenvalue weighted by atomic mass is 10.2. The van der Waals surface area contributed by atoms with E-state index in [2.05, 4.69) is 0 Å². The second-order valence-electron chi connectivity index (χ2n) is 2.48. The minimum atomic E-state index is -0.793. The van der Waals surface area contributed by atoms with Crippen LogP contribution in [0, 0.1) is 0 Å². The predicted octanol–water partition coefficient (Wildman–Crippen LogP) is 0.0568. The van der Waals surface area contributed by atoms with Crippen molar-refractivity contribution in [3.63, 3.8) is 0 Å². The first-order chi connectivity index (χ1) is 5.20. The summed E-state index contributed by atoms with van der Waals surface area (Å²) in [6.07, 6.45) is 3.28. The predicted molar refractivity (Wildman–Crippen MR) is 43.1 cm³/mol. The van der Waals surface area contributed by atoms with Crippen LogP contribution in [-0.2, 0) is 0 Å². The van der Waals surface area contributed by atoms with Crippen LogP contribution in [0.15, 0.2) is 12.2 Å². The van der Waals surface area contributed by atoms with Crippen molar-refractivity contribution in [3.8, 4) is 0 Å². The van der Waals surface area contributed by atoms with Gasteiger partial charge in [-0.15, -0.1) is 0 Å². The molecule has 2 atom stereocenters. The third kappa shape index (κ3) is 6.04. The summed E-state index contributed by atoms with van der Waals surface area (Å²) < 4.78 is 0. The maximum absolute atomic E-state index is 9.05. The van der Waals surface area contributed by atoms with Crippen LogP contribution in [0.25, 0.3) is 0 Å². The van der Waals surface area contributed by atoms with E-state index in [-0.39, 0.29) is 12.7 Å². The molecule has 0 fully saturated rings. The summed E-state index contributed by atoms with van der Waals surface area (Å²) in [5.74, 6) is 0. The minimum absolute atomic E-state index is 0.265. The maximum Gasteiger partial charge on any atom is 0.0951 e. The molecule has 0 saturated carbocycles. The fourth-order valence-corrected chi connectivity index (χ4v) is 0.620. The van der Waals surface area contributed by atoms with Gasteiger partial charge in [-0.3, -0.25) is 0 Å². The molecule has 0 saturated heterocycles. The summed E-state index contributed by atoms with van der Waals surface area (Å²) in [6.45, 7) is 1.62. The lowest BCUT2D eigenvalue weighted by Crippen LogP contribution is -2.08. The molecule has 0 amide bonds. The van der Waals surface area contributed by atoms with E-state index in [1.54, 1.807) is 6.08 Å². The highest BCUT2D eigenvalue weighted by Crippen LogP contribution is 1.98. The summed E-state index contributed by atoms with van der Waals surface area (Å²) in [5.41, 5.74) is 0. The van der Waals surface area contributed by atoms with Crippen LogP contribution in [0.3, 0.4) is 0 Å². The lowest BCUT2D eigenvalue weighted by Gasteiger charge is -2.03. The zero-order chi connectivity index (χ0) is 8.69. The molecule has 0 aliphatic rings. The highest BCUT2D eigenvalue weighted by Gasteiger charge is 1.97. The lowest BCUT2D eigenvalue weighted by molar-refractivity contribution is 0.130. The summed E-state index contributed by atoms with van der Waals surface area (Å²) in [4.78, 5) is 0. The van der Waals surface area contributed by atoms with Gasteiger partial charge in [-0.25, -0.2) is 0 Å². The molecule has 0 aromatic heterocycles. The highest BCUT2D eigenvalue weighted by molar-refractivity contribution is 4.89. The van der Waals surface area contributed by atoms with Gasteiger partial charge in [0.1, 0.15) is 0 Å². The van der Waals surface area contributed by atoms with Gasteiger partial charge in [0.15, 0.2) is 0 Å². The number of hydrogen-bond acceptors (Lipinski definition) is 3. The molecule has 3 N–H and O–H groups in total. The van der Waals surface area contributed by atoms with Crippen LogP contribution in [0.2, 0.25) is 0 Å². The molecule has 3 nitrogen and oxygen atoms in total. The first-order valence-corrected chi connectivity index (χ1v) is 3.84. The van der Waals surface area contributed by atoms with Gasteiger partial charge in [-0.05, 0) is 12.8 Å². The van der Waals surface area contributed by atoms with Crippen LogP contribution >= 0.6 is 0 Å². The Morgan fingerprint density at radius 3 is 2.45 bits per heavy atom. The Morgan fingerprint density at radius 1 is 1.36 bits per heavy atom. The van der Waals surface area contributed by atoms with E-state index >= 15 is 0 Å². The Morgan fingerprint density at radius 2 is 2.00 bits per heavy atom. The van der Waals surface area contributed by atoms with Gasteiger partial charge >= 0.3 is 0 Å². The van der Waals surface area contributed by atoms with Crippen molar-refractivity contribution < 1.29 is 15.3 Å².